The molecule has 0 radical (unpaired) electrons. The Morgan fingerprint density at radius 3 is 2.67 bits per heavy atom. The van der Waals surface area contributed by atoms with Crippen LogP contribution in [0.2, 0.25) is 0 Å². The first-order valence-electron chi connectivity index (χ1n) is 6.91. The second-order valence-electron chi connectivity index (χ2n) is 5.94. The highest BCUT2D eigenvalue weighted by Gasteiger charge is 2.17. The third kappa shape index (κ3) is 5.15. The molecule has 0 saturated heterocycles. The molecule has 1 aromatic carbocycles. The number of aliphatic hydroxyl groups is 1. The summed E-state index contributed by atoms with van der Waals surface area (Å²) in [5.41, 5.74) is 0.604. The van der Waals surface area contributed by atoms with Gasteiger partial charge < -0.3 is 10.4 Å². The molecular weight excluding hydrogens is 272 g/mol. The van der Waals surface area contributed by atoms with E-state index in [1.54, 1.807) is 19.1 Å². The highest BCUT2D eigenvalue weighted by molar-refractivity contribution is 5.94. The molecule has 0 saturated carbocycles. The predicted molar refractivity (Wildman–Crippen MR) is 80.3 cm³/mol. The standard InChI is InChI=1S/C15H22N2O4/c1-11-5-6-12(9-13(11)17(20)21)14(19)16-8-4-7-15(2,3)10-18/h5-6,9,18H,4,7-8,10H2,1-3H3,(H,16,19). The summed E-state index contributed by atoms with van der Waals surface area (Å²) in [5, 5.41) is 22.7. The highest BCUT2D eigenvalue weighted by Crippen LogP contribution is 2.21. The van der Waals surface area contributed by atoms with Gasteiger partial charge in [-0.2, -0.15) is 0 Å². The van der Waals surface area contributed by atoms with Gasteiger partial charge in [-0.15, -0.1) is 0 Å². The highest BCUT2D eigenvalue weighted by atomic mass is 16.6. The van der Waals surface area contributed by atoms with Crippen molar-refractivity contribution >= 4 is 11.6 Å². The zero-order chi connectivity index (χ0) is 16.0. The summed E-state index contributed by atoms with van der Waals surface area (Å²) in [5.74, 6) is -0.320. The molecule has 0 spiro atoms. The Morgan fingerprint density at radius 2 is 2.10 bits per heavy atom. The molecule has 21 heavy (non-hydrogen) atoms. The van der Waals surface area contributed by atoms with Crippen molar-refractivity contribution in [2.75, 3.05) is 13.2 Å². The number of nitrogens with zero attached hydrogens (tertiary/aromatic N) is 1. The van der Waals surface area contributed by atoms with Crippen molar-refractivity contribution in [1.82, 2.24) is 5.32 Å². The van der Waals surface area contributed by atoms with Crippen LogP contribution in [0.15, 0.2) is 18.2 Å². The molecule has 0 aliphatic carbocycles. The second-order valence-corrected chi connectivity index (χ2v) is 5.94. The normalized spacial score (nSPS) is 11.2. The molecule has 6 nitrogen and oxygen atoms in total. The van der Waals surface area contributed by atoms with E-state index in [9.17, 15) is 14.9 Å². The summed E-state index contributed by atoms with van der Waals surface area (Å²) in [4.78, 5) is 22.3. The van der Waals surface area contributed by atoms with E-state index in [2.05, 4.69) is 5.32 Å². The third-order valence-corrected chi connectivity index (χ3v) is 3.41. The Bertz CT molecular complexity index is 526. The van der Waals surface area contributed by atoms with E-state index in [-0.39, 0.29) is 29.2 Å². The maximum absolute atomic E-state index is 11.9. The second kappa shape index (κ2) is 7.17. The van der Waals surface area contributed by atoms with E-state index >= 15 is 0 Å². The number of hydrogen-bond acceptors (Lipinski definition) is 4. The lowest BCUT2D eigenvalue weighted by molar-refractivity contribution is -0.385. The fourth-order valence-electron chi connectivity index (χ4n) is 1.90. The molecule has 0 aliphatic rings. The van der Waals surface area contributed by atoms with Crippen molar-refractivity contribution in [2.45, 2.75) is 33.6 Å². The molecule has 0 atom stereocenters. The first kappa shape index (κ1) is 17.1. The van der Waals surface area contributed by atoms with E-state index in [0.29, 0.717) is 12.1 Å². The lowest BCUT2D eigenvalue weighted by Crippen LogP contribution is -2.26. The van der Waals surface area contributed by atoms with Crippen LogP contribution >= 0.6 is 0 Å². The van der Waals surface area contributed by atoms with Gasteiger partial charge in [-0.05, 0) is 31.2 Å². The zero-order valence-electron chi connectivity index (χ0n) is 12.7. The van der Waals surface area contributed by atoms with Crippen molar-refractivity contribution in [3.05, 3.63) is 39.4 Å². The summed E-state index contributed by atoms with van der Waals surface area (Å²) in [6.07, 6.45) is 1.53. The summed E-state index contributed by atoms with van der Waals surface area (Å²) in [7, 11) is 0. The van der Waals surface area contributed by atoms with Gasteiger partial charge in [0.25, 0.3) is 11.6 Å². The molecule has 0 aromatic heterocycles. The van der Waals surface area contributed by atoms with Gasteiger partial charge in [-0.3, -0.25) is 14.9 Å². The first-order chi connectivity index (χ1) is 9.76. The van der Waals surface area contributed by atoms with Gasteiger partial charge in [-0.1, -0.05) is 19.9 Å². The third-order valence-electron chi connectivity index (χ3n) is 3.41. The summed E-state index contributed by atoms with van der Waals surface area (Å²) < 4.78 is 0. The van der Waals surface area contributed by atoms with Crippen molar-refractivity contribution in [3.8, 4) is 0 Å². The Balaban J connectivity index is 2.57. The van der Waals surface area contributed by atoms with Gasteiger partial charge in [0.15, 0.2) is 0 Å². The van der Waals surface area contributed by atoms with Gasteiger partial charge in [0, 0.05) is 30.3 Å². The van der Waals surface area contributed by atoms with E-state index in [4.69, 9.17) is 5.11 Å². The minimum absolute atomic E-state index is 0.0518. The fourth-order valence-corrected chi connectivity index (χ4v) is 1.90. The van der Waals surface area contributed by atoms with Gasteiger partial charge in [0.1, 0.15) is 0 Å². The van der Waals surface area contributed by atoms with Crippen LogP contribution in [-0.2, 0) is 0 Å². The maximum atomic E-state index is 11.9. The van der Waals surface area contributed by atoms with Gasteiger partial charge in [-0.25, -0.2) is 0 Å². The quantitative estimate of drug-likeness (QED) is 0.459. The van der Waals surface area contributed by atoms with Crippen LogP contribution in [0.1, 0.15) is 42.6 Å². The number of carbonyl (C=O) groups excluding carboxylic acids is 1. The molecule has 1 rings (SSSR count). The predicted octanol–water partition coefficient (Wildman–Crippen LogP) is 2.43. The van der Waals surface area contributed by atoms with E-state index in [1.807, 2.05) is 13.8 Å². The number of aliphatic hydroxyl groups excluding tert-OH is 1. The maximum Gasteiger partial charge on any atom is 0.273 e. The van der Waals surface area contributed by atoms with E-state index < -0.39 is 4.92 Å². The van der Waals surface area contributed by atoms with Crippen LogP contribution in [0, 0.1) is 22.5 Å². The summed E-state index contributed by atoms with van der Waals surface area (Å²) in [6.45, 7) is 6.13. The Kier molecular flexibility index (Phi) is 5.84. The minimum atomic E-state index is -0.490. The number of nitro benzene ring substituents is 1. The number of carbonyl (C=O) groups is 1. The topological polar surface area (TPSA) is 92.5 Å². The monoisotopic (exact) mass is 294 g/mol. The fraction of sp³-hybridized carbons (Fsp3) is 0.533. The Morgan fingerprint density at radius 1 is 1.43 bits per heavy atom. The van der Waals surface area contributed by atoms with Crippen molar-refractivity contribution in [2.24, 2.45) is 5.41 Å². The average Bonchev–Trinajstić information content (AvgIpc) is 2.43. The van der Waals surface area contributed by atoms with Crippen LogP contribution < -0.4 is 5.32 Å². The van der Waals surface area contributed by atoms with E-state index in [1.165, 1.54) is 6.07 Å². The van der Waals surface area contributed by atoms with Crippen LogP contribution in [-0.4, -0.2) is 29.1 Å². The Labute approximate surface area is 124 Å². The smallest absolute Gasteiger partial charge is 0.273 e. The van der Waals surface area contributed by atoms with Crippen LogP contribution in [0.25, 0.3) is 0 Å². The van der Waals surface area contributed by atoms with Gasteiger partial charge in [0.05, 0.1) is 4.92 Å². The number of amides is 1. The summed E-state index contributed by atoms with van der Waals surface area (Å²) >= 11 is 0. The van der Waals surface area contributed by atoms with Crippen LogP contribution in [0.4, 0.5) is 5.69 Å². The lowest BCUT2D eigenvalue weighted by Gasteiger charge is -2.21. The average molecular weight is 294 g/mol. The number of rotatable bonds is 7. The number of nitro groups is 1. The molecule has 0 aliphatic heterocycles. The van der Waals surface area contributed by atoms with Gasteiger partial charge in [0.2, 0.25) is 0 Å². The zero-order valence-corrected chi connectivity index (χ0v) is 12.7. The molecule has 1 aromatic rings. The van der Waals surface area contributed by atoms with Gasteiger partial charge >= 0.3 is 0 Å². The van der Waals surface area contributed by atoms with Crippen LogP contribution in [0.5, 0.6) is 0 Å². The van der Waals surface area contributed by atoms with Crippen LogP contribution in [0.3, 0.4) is 0 Å². The number of aryl methyl sites for hydroxylation is 1. The summed E-state index contributed by atoms with van der Waals surface area (Å²) in [6, 6.07) is 4.44. The molecule has 0 unspecified atom stereocenters. The molecule has 2 N–H and O–H groups in total. The van der Waals surface area contributed by atoms with Crippen molar-refractivity contribution in [3.63, 3.8) is 0 Å². The Hall–Kier alpha value is -1.95. The molecule has 116 valence electrons. The van der Waals surface area contributed by atoms with Crippen molar-refractivity contribution in [1.29, 1.82) is 0 Å². The molecular formula is C15H22N2O4. The molecule has 1 amide bonds. The number of hydrogen-bond donors (Lipinski definition) is 2. The number of benzene rings is 1. The lowest BCUT2D eigenvalue weighted by atomic mass is 9.89. The molecule has 0 fully saturated rings. The van der Waals surface area contributed by atoms with Crippen molar-refractivity contribution < 1.29 is 14.8 Å². The molecule has 0 heterocycles. The number of nitrogens with one attached hydrogen (secondary N) is 1. The van der Waals surface area contributed by atoms with E-state index in [0.717, 1.165) is 12.8 Å². The SMILES string of the molecule is Cc1ccc(C(=O)NCCCC(C)(C)CO)cc1[N+](=O)[O-]. The molecule has 0 bridgehead atoms. The first-order valence-corrected chi connectivity index (χ1v) is 6.91. The minimum Gasteiger partial charge on any atom is -0.396 e. The largest absolute Gasteiger partial charge is 0.396 e. The molecule has 6 heteroatoms.